The van der Waals surface area contributed by atoms with Crippen molar-refractivity contribution in [3.63, 3.8) is 0 Å². The molecule has 2 aromatic rings. The molecule has 0 saturated heterocycles. The first-order valence-corrected chi connectivity index (χ1v) is 7.11. The number of aromatic nitrogens is 2. The summed E-state index contributed by atoms with van der Waals surface area (Å²) >= 11 is 12.0. The normalized spacial score (nSPS) is 12.7. The first-order valence-electron chi connectivity index (χ1n) is 6.35. The van der Waals surface area contributed by atoms with Gasteiger partial charge in [-0.3, -0.25) is 4.68 Å². The monoisotopic (exact) mass is 315 g/mol. The Hall–Kier alpha value is -1.10. The van der Waals surface area contributed by atoms with Gasteiger partial charge in [-0.15, -0.1) is 0 Å². The summed E-state index contributed by atoms with van der Waals surface area (Å²) in [5.41, 5.74) is 8.09. The van der Waals surface area contributed by atoms with Crippen LogP contribution in [0.25, 0.3) is 0 Å². The van der Waals surface area contributed by atoms with Gasteiger partial charge in [0.1, 0.15) is 5.82 Å². The summed E-state index contributed by atoms with van der Waals surface area (Å²) in [5.74, 6) is -0.476. The molecule has 1 aromatic heterocycles. The lowest BCUT2D eigenvalue weighted by Crippen LogP contribution is -2.17. The predicted octanol–water partition coefficient (Wildman–Crippen LogP) is 3.67. The van der Waals surface area contributed by atoms with Crippen LogP contribution in [0.5, 0.6) is 0 Å². The lowest BCUT2D eigenvalue weighted by atomic mass is 10.0. The number of nitrogens with two attached hydrogens (primary N) is 1. The molecular formula is C14H16Cl2FN3. The Bertz CT molecular complexity index is 625. The Morgan fingerprint density at radius 3 is 2.70 bits per heavy atom. The number of aryl methyl sites for hydroxylation is 2. The fraction of sp³-hybridized carbons (Fsp3) is 0.357. The minimum absolute atomic E-state index is 0.0725. The summed E-state index contributed by atoms with van der Waals surface area (Å²) in [6, 6.07) is 4.30. The van der Waals surface area contributed by atoms with E-state index >= 15 is 0 Å². The van der Waals surface area contributed by atoms with E-state index in [-0.39, 0.29) is 5.02 Å². The van der Waals surface area contributed by atoms with Gasteiger partial charge < -0.3 is 5.73 Å². The van der Waals surface area contributed by atoms with E-state index in [0.717, 1.165) is 17.8 Å². The second-order valence-corrected chi connectivity index (χ2v) is 5.42. The standard InChI is InChI=1S/C14H16Cl2FN3/c1-3-11-13(16)12(20(2)19-11)7-10(18)8-5-4-6-9(15)14(8)17/h4-6,10H,3,7,18H2,1-2H3. The maximum atomic E-state index is 14.0. The van der Waals surface area contributed by atoms with Gasteiger partial charge >= 0.3 is 0 Å². The zero-order valence-corrected chi connectivity index (χ0v) is 12.8. The number of hydrogen-bond donors (Lipinski definition) is 1. The van der Waals surface area contributed by atoms with Gasteiger partial charge in [0.25, 0.3) is 0 Å². The average molecular weight is 316 g/mol. The fourth-order valence-corrected chi connectivity index (χ4v) is 2.72. The van der Waals surface area contributed by atoms with E-state index in [2.05, 4.69) is 5.10 Å². The molecule has 0 radical (unpaired) electrons. The van der Waals surface area contributed by atoms with Crippen molar-refractivity contribution in [2.45, 2.75) is 25.8 Å². The van der Waals surface area contributed by atoms with Gasteiger partial charge in [0.2, 0.25) is 0 Å². The van der Waals surface area contributed by atoms with E-state index in [9.17, 15) is 4.39 Å². The molecule has 1 aromatic carbocycles. The highest BCUT2D eigenvalue weighted by Gasteiger charge is 2.19. The molecule has 108 valence electrons. The summed E-state index contributed by atoms with van der Waals surface area (Å²) in [4.78, 5) is 0. The number of benzene rings is 1. The minimum atomic E-state index is -0.522. The van der Waals surface area contributed by atoms with Gasteiger partial charge in [0, 0.05) is 25.1 Å². The van der Waals surface area contributed by atoms with Crippen LogP contribution in [0.15, 0.2) is 18.2 Å². The van der Waals surface area contributed by atoms with Crippen LogP contribution in [-0.2, 0) is 19.9 Å². The molecule has 0 amide bonds. The third-order valence-corrected chi connectivity index (χ3v) is 4.03. The smallest absolute Gasteiger partial charge is 0.146 e. The van der Waals surface area contributed by atoms with Crippen molar-refractivity contribution in [1.29, 1.82) is 0 Å². The van der Waals surface area contributed by atoms with E-state index < -0.39 is 11.9 Å². The topological polar surface area (TPSA) is 43.8 Å². The van der Waals surface area contributed by atoms with Crippen LogP contribution in [-0.4, -0.2) is 9.78 Å². The van der Waals surface area contributed by atoms with E-state index in [1.54, 1.807) is 23.9 Å². The Labute approximate surface area is 127 Å². The molecule has 0 bridgehead atoms. The van der Waals surface area contributed by atoms with Crippen molar-refractivity contribution in [3.05, 3.63) is 51.0 Å². The van der Waals surface area contributed by atoms with Crippen molar-refractivity contribution in [2.24, 2.45) is 12.8 Å². The largest absolute Gasteiger partial charge is 0.324 e. The quantitative estimate of drug-likeness (QED) is 0.935. The Morgan fingerprint density at radius 2 is 2.10 bits per heavy atom. The highest BCUT2D eigenvalue weighted by Crippen LogP contribution is 2.28. The maximum absolute atomic E-state index is 14.0. The Morgan fingerprint density at radius 1 is 1.40 bits per heavy atom. The van der Waals surface area contributed by atoms with Crippen LogP contribution in [0.1, 0.15) is 29.9 Å². The highest BCUT2D eigenvalue weighted by atomic mass is 35.5. The fourth-order valence-electron chi connectivity index (χ4n) is 2.17. The van der Waals surface area contributed by atoms with Crippen molar-refractivity contribution < 1.29 is 4.39 Å². The summed E-state index contributed by atoms with van der Waals surface area (Å²) in [6.45, 7) is 1.98. The van der Waals surface area contributed by atoms with Crippen molar-refractivity contribution >= 4 is 23.2 Å². The summed E-state index contributed by atoms with van der Waals surface area (Å²) in [7, 11) is 1.81. The van der Waals surface area contributed by atoms with Crippen molar-refractivity contribution in [2.75, 3.05) is 0 Å². The predicted molar refractivity (Wildman–Crippen MR) is 79.6 cm³/mol. The molecule has 0 fully saturated rings. The second kappa shape index (κ2) is 6.12. The number of hydrogen-bond acceptors (Lipinski definition) is 2. The molecule has 6 heteroatoms. The maximum Gasteiger partial charge on any atom is 0.146 e. The van der Waals surface area contributed by atoms with Crippen LogP contribution >= 0.6 is 23.2 Å². The molecule has 1 atom stereocenters. The summed E-state index contributed by atoms with van der Waals surface area (Å²) in [5, 5.41) is 5.00. The highest BCUT2D eigenvalue weighted by molar-refractivity contribution is 6.32. The third-order valence-electron chi connectivity index (χ3n) is 3.30. The van der Waals surface area contributed by atoms with Gasteiger partial charge in [0.05, 0.1) is 21.4 Å². The van der Waals surface area contributed by atoms with E-state index in [0.29, 0.717) is 17.0 Å². The number of nitrogens with zero attached hydrogens (tertiary/aromatic N) is 2. The van der Waals surface area contributed by atoms with E-state index in [1.165, 1.54) is 6.07 Å². The van der Waals surface area contributed by atoms with Crippen molar-refractivity contribution in [1.82, 2.24) is 9.78 Å². The molecule has 0 aliphatic heterocycles. The van der Waals surface area contributed by atoms with E-state index in [4.69, 9.17) is 28.9 Å². The zero-order chi connectivity index (χ0) is 14.9. The second-order valence-electron chi connectivity index (χ2n) is 4.64. The van der Waals surface area contributed by atoms with Gasteiger partial charge in [-0.2, -0.15) is 5.10 Å². The summed E-state index contributed by atoms with van der Waals surface area (Å²) < 4.78 is 15.7. The zero-order valence-electron chi connectivity index (χ0n) is 11.3. The molecule has 20 heavy (non-hydrogen) atoms. The average Bonchev–Trinajstić information content (AvgIpc) is 2.69. The summed E-state index contributed by atoms with van der Waals surface area (Å²) in [6.07, 6.45) is 1.15. The van der Waals surface area contributed by atoms with Gasteiger partial charge in [-0.25, -0.2) is 4.39 Å². The molecule has 2 N–H and O–H groups in total. The molecule has 2 rings (SSSR count). The molecule has 1 unspecified atom stereocenters. The van der Waals surface area contributed by atoms with Crippen LogP contribution in [0.3, 0.4) is 0 Å². The van der Waals surface area contributed by atoms with Crippen LogP contribution in [0.4, 0.5) is 4.39 Å². The molecule has 1 heterocycles. The molecule has 0 spiro atoms. The SMILES string of the molecule is CCc1nn(C)c(CC(N)c2cccc(Cl)c2F)c1Cl. The lowest BCUT2D eigenvalue weighted by molar-refractivity contribution is 0.569. The minimum Gasteiger partial charge on any atom is -0.324 e. The van der Waals surface area contributed by atoms with Gasteiger partial charge in [0.15, 0.2) is 0 Å². The Balaban J connectivity index is 2.30. The molecule has 0 aliphatic carbocycles. The molecular weight excluding hydrogens is 300 g/mol. The van der Waals surface area contributed by atoms with Crippen LogP contribution in [0, 0.1) is 5.82 Å². The van der Waals surface area contributed by atoms with Crippen LogP contribution in [0.2, 0.25) is 10.0 Å². The van der Waals surface area contributed by atoms with Crippen LogP contribution < -0.4 is 5.73 Å². The number of halogens is 3. The van der Waals surface area contributed by atoms with Gasteiger partial charge in [-0.1, -0.05) is 42.3 Å². The van der Waals surface area contributed by atoms with E-state index in [1.807, 2.05) is 6.92 Å². The number of rotatable bonds is 4. The first-order chi connectivity index (χ1) is 9.45. The van der Waals surface area contributed by atoms with Gasteiger partial charge in [-0.05, 0) is 12.5 Å². The molecule has 0 aliphatic rings. The lowest BCUT2D eigenvalue weighted by Gasteiger charge is -2.14. The molecule has 3 nitrogen and oxygen atoms in total. The Kier molecular flexibility index (Phi) is 4.68. The third kappa shape index (κ3) is 2.82. The molecule has 0 saturated carbocycles. The van der Waals surface area contributed by atoms with Crippen molar-refractivity contribution in [3.8, 4) is 0 Å². The first kappa shape index (κ1) is 15.3.